The number of hydrogen-bond donors (Lipinski definition) is 1. The summed E-state index contributed by atoms with van der Waals surface area (Å²) in [6, 6.07) is 5.38. The highest BCUT2D eigenvalue weighted by Crippen LogP contribution is 2.16. The second-order valence-electron chi connectivity index (χ2n) is 4.41. The number of benzene rings is 1. The molecule has 0 amide bonds. The van der Waals surface area contributed by atoms with Crippen LogP contribution in [0.3, 0.4) is 0 Å². The molecule has 0 fully saturated rings. The molecule has 1 atom stereocenters. The maximum Gasteiger partial charge on any atom is 0.124 e. The van der Waals surface area contributed by atoms with Gasteiger partial charge in [0.25, 0.3) is 0 Å². The molecule has 1 rings (SSSR count). The Bertz CT molecular complexity index is 331. The van der Waals surface area contributed by atoms with Crippen LogP contribution in [0.4, 0.5) is 4.39 Å². The summed E-state index contributed by atoms with van der Waals surface area (Å²) in [6.07, 6.45) is 2.85. The lowest BCUT2D eigenvalue weighted by molar-refractivity contribution is 0.182. The van der Waals surface area contributed by atoms with Crippen LogP contribution in [-0.2, 0) is 11.2 Å². The molecule has 1 aromatic rings. The van der Waals surface area contributed by atoms with Crippen molar-refractivity contribution < 1.29 is 9.13 Å². The summed E-state index contributed by atoms with van der Waals surface area (Å²) in [5.41, 5.74) is 1.01. The van der Waals surface area contributed by atoms with E-state index in [4.69, 9.17) is 4.74 Å². The molecule has 0 bridgehead atoms. The van der Waals surface area contributed by atoms with Crippen molar-refractivity contribution in [2.75, 3.05) is 20.3 Å². The van der Waals surface area contributed by atoms with Crippen LogP contribution in [0.25, 0.3) is 0 Å². The zero-order chi connectivity index (χ0) is 13.4. The van der Waals surface area contributed by atoms with Gasteiger partial charge in [-0.3, -0.25) is 0 Å². The largest absolute Gasteiger partial charge is 0.385 e. The molecule has 0 radical (unpaired) electrons. The van der Waals surface area contributed by atoms with Crippen molar-refractivity contribution in [3.05, 3.63) is 34.1 Å². The molecule has 0 aliphatic carbocycles. The Morgan fingerprint density at radius 1 is 1.39 bits per heavy atom. The number of ether oxygens (including phenoxy) is 1. The van der Waals surface area contributed by atoms with Gasteiger partial charge >= 0.3 is 0 Å². The Balaban J connectivity index is 2.62. The Morgan fingerprint density at radius 2 is 2.17 bits per heavy atom. The molecule has 2 nitrogen and oxygen atoms in total. The SMILES string of the molecule is CCCNC(CCOC)Cc1cc(F)cc(Br)c1. The van der Waals surface area contributed by atoms with E-state index >= 15 is 0 Å². The van der Waals surface area contributed by atoms with Crippen molar-refractivity contribution in [1.82, 2.24) is 5.32 Å². The van der Waals surface area contributed by atoms with Crippen molar-refractivity contribution in [2.24, 2.45) is 0 Å². The number of halogens is 2. The monoisotopic (exact) mass is 317 g/mol. The van der Waals surface area contributed by atoms with E-state index in [-0.39, 0.29) is 5.82 Å². The summed E-state index contributed by atoms with van der Waals surface area (Å²) in [7, 11) is 1.70. The van der Waals surface area contributed by atoms with Crippen LogP contribution < -0.4 is 5.32 Å². The minimum Gasteiger partial charge on any atom is -0.385 e. The average molecular weight is 318 g/mol. The van der Waals surface area contributed by atoms with Gasteiger partial charge in [-0.1, -0.05) is 22.9 Å². The Labute approximate surface area is 117 Å². The number of hydrogen-bond acceptors (Lipinski definition) is 2. The van der Waals surface area contributed by atoms with E-state index < -0.39 is 0 Å². The molecule has 1 N–H and O–H groups in total. The molecule has 0 aliphatic rings. The Morgan fingerprint density at radius 3 is 2.78 bits per heavy atom. The van der Waals surface area contributed by atoms with E-state index in [1.165, 1.54) is 6.07 Å². The van der Waals surface area contributed by atoms with Gasteiger partial charge in [-0.15, -0.1) is 0 Å². The molecule has 1 aromatic carbocycles. The second-order valence-corrected chi connectivity index (χ2v) is 5.33. The highest BCUT2D eigenvalue weighted by Gasteiger charge is 2.10. The first-order chi connectivity index (χ1) is 8.65. The zero-order valence-corrected chi connectivity index (χ0v) is 12.6. The maximum absolute atomic E-state index is 13.3. The molecule has 0 aliphatic heterocycles. The Kier molecular flexibility index (Phi) is 7.47. The third-order valence-corrected chi connectivity index (χ3v) is 3.22. The summed E-state index contributed by atoms with van der Waals surface area (Å²) >= 11 is 3.32. The molecule has 102 valence electrons. The maximum atomic E-state index is 13.3. The van der Waals surface area contributed by atoms with Gasteiger partial charge in [0.15, 0.2) is 0 Å². The Hall–Kier alpha value is -0.450. The van der Waals surface area contributed by atoms with E-state index in [9.17, 15) is 4.39 Å². The van der Waals surface area contributed by atoms with Gasteiger partial charge in [0.05, 0.1) is 0 Å². The quantitative estimate of drug-likeness (QED) is 0.792. The fourth-order valence-electron chi connectivity index (χ4n) is 1.90. The first-order valence-electron chi connectivity index (χ1n) is 6.33. The molecule has 1 unspecified atom stereocenters. The molecule has 0 heterocycles. The summed E-state index contributed by atoms with van der Waals surface area (Å²) in [5.74, 6) is -0.194. The van der Waals surface area contributed by atoms with Crippen LogP contribution >= 0.6 is 15.9 Å². The number of methoxy groups -OCH3 is 1. The lowest BCUT2D eigenvalue weighted by Gasteiger charge is -2.18. The van der Waals surface area contributed by atoms with Gasteiger partial charge in [0.1, 0.15) is 5.82 Å². The molecule has 0 aromatic heterocycles. The van der Waals surface area contributed by atoms with E-state index in [0.29, 0.717) is 6.04 Å². The highest BCUT2D eigenvalue weighted by atomic mass is 79.9. The van der Waals surface area contributed by atoms with Crippen LogP contribution in [0.15, 0.2) is 22.7 Å². The fourth-order valence-corrected chi connectivity index (χ4v) is 2.41. The van der Waals surface area contributed by atoms with Gasteiger partial charge in [0.2, 0.25) is 0 Å². The topological polar surface area (TPSA) is 21.3 Å². The summed E-state index contributed by atoms with van der Waals surface area (Å²) < 4.78 is 19.2. The molecular formula is C14H21BrFNO. The van der Waals surface area contributed by atoms with E-state index in [2.05, 4.69) is 28.2 Å². The minimum absolute atomic E-state index is 0.194. The van der Waals surface area contributed by atoms with Crippen molar-refractivity contribution in [3.63, 3.8) is 0 Å². The third-order valence-electron chi connectivity index (χ3n) is 2.76. The van der Waals surface area contributed by atoms with Gasteiger partial charge < -0.3 is 10.1 Å². The number of rotatable bonds is 8. The summed E-state index contributed by atoms with van der Waals surface area (Å²) in [6.45, 7) is 3.84. The first kappa shape index (κ1) is 15.6. The van der Waals surface area contributed by atoms with Crippen LogP contribution in [0.1, 0.15) is 25.3 Å². The summed E-state index contributed by atoms with van der Waals surface area (Å²) in [4.78, 5) is 0. The normalized spacial score (nSPS) is 12.7. The first-order valence-corrected chi connectivity index (χ1v) is 7.12. The molecule has 0 saturated heterocycles. The molecule has 4 heteroatoms. The van der Waals surface area contributed by atoms with Crippen molar-refractivity contribution in [3.8, 4) is 0 Å². The van der Waals surface area contributed by atoms with Crippen LogP contribution in [0.5, 0.6) is 0 Å². The molecule has 18 heavy (non-hydrogen) atoms. The minimum atomic E-state index is -0.194. The van der Waals surface area contributed by atoms with Crippen molar-refractivity contribution in [1.29, 1.82) is 0 Å². The molecule has 0 saturated carbocycles. The molecule has 0 spiro atoms. The van der Waals surface area contributed by atoms with Crippen molar-refractivity contribution in [2.45, 2.75) is 32.2 Å². The van der Waals surface area contributed by atoms with Crippen molar-refractivity contribution >= 4 is 15.9 Å². The third kappa shape index (κ3) is 5.94. The molecular weight excluding hydrogens is 297 g/mol. The smallest absolute Gasteiger partial charge is 0.124 e. The van der Waals surface area contributed by atoms with Crippen LogP contribution in [0.2, 0.25) is 0 Å². The number of nitrogens with one attached hydrogen (secondary N) is 1. The average Bonchev–Trinajstić information content (AvgIpc) is 2.31. The van der Waals surface area contributed by atoms with Gasteiger partial charge in [-0.2, -0.15) is 0 Å². The standard InChI is InChI=1S/C14H21BrFNO/c1-3-5-17-14(4-6-18-2)9-11-7-12(15)10-13(16)8-11/h7-8,10,14,17H,3-6,9H2,1-2H3. The summed E-state index contributed by atoms with van der Waals surface area (Å²) in [5, 5.41) is 3.47. The van der Waals surface area contributed by atoms with E-state index in [1.807, 2.05) is 6.07 Å². The van der Waals surface area contributed by atoms with Gasteiger partial charge in [-0.05, 0) is 49.6 Å². The second kappa shape index (κ2) is 8.62. The fraction of sp³-hybridized carbons (Fsp3) is 0.571. The van der Waals surface area contributed by atoms with Crippen LogP contribution in [0, 0.1) is 5.82 Å². The van der Waals surface area contributed by atoms with Gasteiger partial charge in [0, 0.05) is 24.2 Å². The lowest BCUT2D eigenvalue weighted by Crippen LogP contribution is -2.32. The van der Waals surface area contributed by atoms with Gasteiger partial charge in [-0.25, -0.2) is 4.39 Å². The predicted molar refractivity (Wildman–Crippen MR) is 76.4 cm³/mol. The zero-order valence-electron chi connectivity index (χ0n) is 11.0. The lowest BCUT2D eigenvalue weighted by atomic mass is 10.0. The van der Waals surface area contributed by atoms with E-state index in [1.54, 1.807) is 13.2 Å². The van der Waals surface area contributed by atoms with Crippen LogP contribution in [-0.4, -0.2) is 26.3 Å². The highest BCUT2D eigenvalue weighted by molar-refractivity contribution is 9.10. The predicted octanol–water partition coefficient (Wildman–Crippen LogP) is 3.54. The van der Waals surface area contributed by atoms with E-state index in [0.717, 1.165) is 42.5 Å².